The predicted octanol–water partition coefficient (Wildman–Crippen LogP) is 2.53. The molecule has 1 aromatic rings. The summed E-state index contributed by atoms with van der Waals surface area (Å²) in [6.07, 6.45) is 1.53. The molecular formula is C24H39N3O5S. The van der Waals surface area contributed by atoms with Crippen LogP contribution in [0, 0.1) is 11.3 Å². The van der Waals surface area contributed by atoms with Gasteiger partial charge in [0.25, 0.3) is 0 Å². The molecule has 0 bridgehead atoms. The second-order valence-corrected chi connectivity index (χ2v) is 12.1. The van der Waals surface area contributed by atoms with Crippen LogP contribution in [0.5, 0.6) is 0 Å². The molecule has 0 saturated heterocycles. The molecule has 1 aliphatic heterocycles. The van der Waals surface area contributed by atoms with Crippen LogP contribution in [0.3, 0.4) is 0 Å². The number of carbonyl (C=O) groups is 2. The Balaban J connectivity index is 1.99. The van der Waals surface area contributed by atoms with E-state index < -0.39 is 32.6 Å². The Morgan fingerprint density at radius 1 is 1.30 bits per heavy atom. The first kappa shape index (κ1) is 27.3. The van der Waals surface area contributed by atoms with Gasteiger partial charge < -0.3 is 21.5 Å². The maximum atomic E-state index is 13.2. The lowest BCUT2D eigenvalue weighted by Gasteiger charge is -2.33. The van der Waals surface area contributed by atoms with E-state index in [9.17, 15) is 23.1 Å². The summed E-state index contributed by atoms with van der Waals surface area (Å²) in [5, 5.41) is 15.1. The third-order valence-corrected chi connectivity index (χ3v) is 7.95. The second kappa shape index (κ2) is 11.4. The van der Waals surface area contributed by atoms with Gasteiger partial charge in [-0.3, -0.25) is 9.59 Å². The minimum atomic E-state index is -3.67. The Kier molecular flexibility index (Phi) is 9.46. The van der Waals surface area contributed by atoms with E-state index in [1.165, 1.54) is 0 Å². The Bertz CT molecular complexity index is 932. The van der Waals surface area contributed by atoms with Crippen LogP contribution in [0.25, 0.3) is 0 Å². The van der Waals surface area contributed by atoms with Crippen LogP contribution in [0.15, 0.2) is 24.3 Å². The fourth-order valence-electron chi connectivity index (χ4n) is 4.33. The number of anilines is 1. The molecule has 1 heterocycles. The lowest BCUT2D eigenvalue weighted by atomic mass is 9.78. The predicted molar refractivity (Wildman–Crippen MR) is 130 cm³/mol. The summed E-state index contributed by atoms with van der Waals surface area (Å²) < 4.78 is 25.4. The van der Waals surface area contributed by atoms with E-state index in [1.807, 2.05) is 20.8 Å². The number of hydrogen-bond acceptors (Lipinski definition) is 7. The van der Waals surface area contributed by atoms with Crippen molar-refractivity contribution in [1.82, 2.24) is 5.32 Å². The van der Waals surface area contributed by atoms with Gasteiger partial charge in [-0.1, -0.05) is 52.3 Å². The number of hydrogen-bond donors (Lipinski definition) is 4. The number of nitrogens with one attached hydrogen (secondary N) is 2. The second-order valence-electron chi connectivity index (χ2n) is 9.98. The molecule has 33 heavy (non-hydrogen) atoms. The van der Waals surface area contributed by atoms with Crippen molar-refractivity contribution >= 4 is 27.2 Å². The van der Waals surface area contributed by atoms with Crippen molar-refractivity contribution in [1.29, 1.82) is 0 Å². The number of para-hydroxylation sites is 1. The number of carbonyl (C=O) groups excluding carboxylic acids is 2. The third-order valence-electron chi connectivity index (χ3n) is 6.17. The van der Waals surface area contributed by atoms with E-state index >= 15 is 0 Å². The van der Waals surface area contributed by atoms with E-state index in [4.69, 9.17) is 5.73 Å². The number of nitrogens with two attached hydrogens (primary N) is 1. The fraction of sp³-hybridized carbons (Fsp3) is 0.667. The standard InChI is InChI=1S/C24H39N3O5S/c1-5-6-11-26-23(30)16(2)12-20(28)18(25)13-24(3,4)14-21(29)22-17-9-7-8-10-19(17)27-15-33(22,31)32/h7-10,16,18,20,22,27-28H,5-6,11-15,25H2,1-4H3,(H,26,30)/t16-,18+,20+,22?/m1/s1. The zero-order valence-corrected chi connectivity index (χ0v) is 21.0. The highest BCUT2D eigenvalue weighted by molar-refractivity contribution is 7.92. The molecule has 0 saturated carbocycles. The largest absolute Gasteiger partial charge is 0.391 e. The van der Waals surface area contributed by atoms with E-state index in [1.54, 1.807) is 31.2 Å². The molecule has 4 atom stereocenters. The molecule has 8 nitrogen and oxygen atoms in total. The zero-order chi connectivity index (χ0) is 24.8. The van der Waals surface area contributed by atoms with E-state index in [-0.39, 0.29) is 36.3 Å². The number of aliphatic hydroxyl groups excluding tert-OH is 1. The Morgan fingerprint density at radius 3 is 2.64 bits per heavy atom. The highest BCUT2D eigenvalue weighted by Crippen LogP contribution is 2.38. The number of rotatable bonds is 12. The SMILES string of the molecule is CCCCNC(=O)[C@H](C)C[C@H](O)[C@@H](N)CC(C)(C)CC(=O)C1c2ccccc2NCS1(=O)=O. The molecule has 2 rings (SSSR count). The third kappa shape index (κ3) is 7.52. The number of Topliss-reactive ketones (excluding diaryl/α,β-unsaturated/α-hetero) is 1. The average Bonchev–Trinajstić information content (AvgIpc) is 2.72. The van der Waals surface area contributed by atoms with Crippen LogP contribution >= 0.6 is 0 Å². The zero-order valence-electron chi connectivity index (χ0n) is 20.1. The number of amides is 1. The first-order valence-corrected chi connectivity index (χ1v) is 13.4. The lowest BCUT2D eigenvalue weighted by molar-refractivity contribution is -0.125. The van der Waals surface area contributed by atoms with Gasteiger partial charge >= 0.3 is 0 Å². The molecule has 186 valence electrons. The summed E-state index contributed by atoms with van der Waals surface area (Å²) in [6, 6.07) is 6.30. The van der Waals surface area contributed by atoms with Crippen molar-refractivity contribution in [2.24, 2.45) is 17.1 Å². The van der Waals surface area contributed by atoms with Crippen molar-refractivity contribution < 1.29 is 23.1 Å². The summed E-state index contributed by atoms with van der Waals surface area (Å²) >= 11 is 0. The normalized spacial score (nSPS) is 20.1. The highest BCUT2D eigenvalue weighted by Gasteiger charge is 2.41. The Labute approximate surface area is 197 Å². The molecule has 0 spiro atoms. The molecule has 1 aliphatic rings. The van der Waals surface area contributed by atoms with Crippen LogP contribution in [-0.4, -0.2) is 49.8 Å². The van der Waals surface area contributed by atoms with Gasteiger partial charge in [-0.25, -0.2) is 8.42 Å². The number of ketones is 1. The molecule has 0 radical (unpaired) electrons. The number of sulfone groups is 1. The molecule has 1 aromatic carbocycles. The van der Waals surface area contributed by atoms with Crippen LogP contribution < -0.4 is 16.4 Å². The van der Waals surface area contributed by atoms with E-state index in [0.29, 0.717) is 24.2 Å². The maximum Gasteiger partial charge on any atom is 0.222 e. The molecule has 0 fully saturated rings. The average molecular weight is 482 g/mol. The summed E-state index contributed by atoms with van der Waals surface area (Å²) in [6.45, 7) is 8.10. The first-order chi connectivity index (χ1) is 15.4. The van der Waals surface area contributed by atoms with Crippen molar-refractivity contribution in [3.05, 3.63) is 29.8 Å². The van der Waals surface area contributed by atoms with Gasteiger partial charge in [0.2, 0.25) is 5.91 Å². The smallest absolute Gasteiger partial charge is 0.222 e. The van der Waals surface area contributed by atoms with Gasteiger partial charge in [0.15, 0.2) is 15.6 Å². The summed E-state index contributed by atoms with van der Waals surface area (Å²) in [7, 11) is -3.67. The fourth-order valence-corrected chi connectivity index (χ4v) is 5.93. The van der Waals surface area contributed by atoms with Gasteiger partial charge in [0, 0.05) is 36.2 Å². The van der Waals surface area contributed by atoms with Crippen molar-refractivity contribution in [2.75, 3.05) is 17.7 Å². The van der Waals surface area contributed by atoms with Gasteiger partial charge in [-0.15, -0.1) is 0 Å². The number of aliphatic hydroxyl groups is 1. The minimum Gasteiger partial charge on any atom is -0.391 e. The minimum absolute atomic E-state index is 0.0126. The van der Waals surface area contributed by atoms with E-state index in [0.717, 1.165) is 12.8 Å². The highest BCUT2D eigenvalue weighted by atomic mass is 32.2. The monoisotopic (exact) mass is 481 g/mol. The molecule has 0 aromatic heterocycles. The molecular weight excluding hydrogens is 442 g/mol. The number of benzene rings is 1. The Morgan fingerprint density at radius 2 is 1.97 bits per heavy atom. The number of unbranched alkanes of at least 4 members (excludes halogenated alkanes) is 1. The summed E-state index contributed by atoms with van der Waals surface area (Å²) in [5.74, 6) is -1.15. The topological polar surface area (TPSA) is 139 Å². The molecule has 1 unspecified atom stereocenters. The van der Waals surface area contributed by atoms with Gasteiger partial charge in [0.1, 0.15) is 11.1 Å². The lowest BCUT2D eigenvalue weighted by Crippen LogP contribution is -2.42. The summed E-state index contributed by atoms with van der Waals surface area (Å²) in [5.41, 5.74) is 6.73. The molecule has 1 amide bonds. The molecule has 0 aliphatic carbocycles. The van der Waals surface area contributed by atoms with Crippen LogP contribution in [-0.2, 0) is 19.4 Å². The quantitative estimate of drug-likeness (QED) is 0.336. The molecule has 9 heteroatoms. The van der Waals surface area contributed by atoms with Crippen LogP contribution in [0.2, 0.25) is 0 Å². The Hall–Kier alpha value is -1.97. The number of fused-ring (bicyclic) bond motifs is 1. The van der Waals surface area contributed by atoms with Gasteiger partial charge in [-0.05, 0) is 30.7 Å². The summed E-state index contributed by atoms with van der Waals surface area (Å²) in [4.78, 5) is 25.3. The van der Waals surface area contributed by atoms with Gasteiger partial charge in [-0.2, -0.15) is 0 Å². The van der Waals surface area contributed by atoms with Crippen molar-refractivity contribution in [3.8, 4) is 0 Å². The van der Waals surface area contributed by atoms with Crippen LogP contribution in [0.4, 0.5) is 5.69 Å². The van der Waals surface area contributed by atoms with E-state index in [2.05, 4.69) is 10.6 Å². The maximum absolute atomic E-state index is 13.2. The molecule has 5 N–H and O–H groups in total. The van der Waals surface area contributed by atoms with Crippen molar-refractivity contribution in [2.45, 2.75) is 77.2 Å². The van der Waals surface area contributed by atoms with Gasteiger partial charge in [0.05, 0.1) is 6.10 Å². The van der Waals surface area contributed by atoms with Crippen molar-refractivity contribution in [3.63, 3.8) is 0 Å². The van der Waals surface area contributed by atoms with Crippen LogP contribution in [0.1, 0.15) is 70.6 Å². The first-order valence-electron chi connectivity index (χ1n) is 11.7.